The van der Waals surface area contributed by atoms with E-state index in [1.54, 1.807) is 11.9 Å². The number of benzene rings is 1. The second-order valence-corrected chi connectivity index (χ2v) is 6.83. The molecule has 2 aliphatic heterocycles. The zero-order chi connectivity index (χ0) is 15.9. The van der Waals surface area contributed by atoms with Gasteiger partial charge in [0.05, 0.1) is 0 Å². The quantitative estimate of drug-likeness (QED) is 0.853. The van der Waals surface area contributed by atoms with Gasteiger partial charge in [0, 0.05) is 49.9 Å². The van der Waals surface area contributed by atoms with Gasteiger partial charge in [0.1, 0.15) is 0 Å². The monoisotopic (exact) mass is 301 g/mol. The molecule has 22 heavy (non-hydrogen) atoms. The van der Waals surface area contributed by atoms with Crippen LogP contribution in [-0.4, -0.2) is 48.9 Å². The standard InChI is InChI=1S/C17H23N3O2/c1-17(2)11-20(9-8-18-17)16(22)13-4-6-14-12(10-13)5-7-15(21)19(14)3/h4,6,10,18H,5,7-9,11H2,1-3H3. The molecular formula is C17H23N3O2. The Bertz CT molecular complexity index is 624. The largest absolute Gasteiger partial charge is 0.336 e. The number of piperazine rings is 1. The lowest BCUT2D eigenvalue weighted by atomic mass is 9.97. The van der Waals surface area contributed by atoms with Gasteiger partial charge in [0.15, 0.2) is 0 Å². The maximum absolute atomic E-state index is 12.7. The van der Waals surface area contributed by atoms with Crippen molar-refractivity contribution in [3.05, 3.63) is 29.3 Å². The first kappa shape index (κ1) is 15.0. The molecule has 118 valence electrons. The van der Waals surface area contributed by atoms with Crippen LogP contribution in [0, 0.1) is 0 Å². The fourth-order valence-electron chi connectivity index (χ4n) is 3.29. The third kappa shape index (κ3) is 2.73. The average molecular weight is 301 g/mol. The Morgan fingerprint density at radius 2 is 2.05 bits per heavy atom. The van der Waals surface area contributed by atoms with E-state index in [1.807, 2.05) is 23.1 Å². The molecule has 0 spiro atoms. The van der Waals surface area contributed by atoms with Crippen molar-refractivity contribution in [1.29, 1.82) is 0 Å². The topological polar surface area (TPSA) is 52.7 Å². The Hall–Kier alpha value is -1.88. The highest BCUT2D eigenvalue weighted by Gasteiger charge is 2.30. The van der Waals surface area contributed by atoms with Crippen LogP contribution in [0.4, 0.5) is 5.69 Å². The second kappa shape index (κ2) is 5.39. The summed E-state index contributed by atoms with van der Waals surface area (Å²) >= 11 is 0. The Balaban J connectivity index is 1.84. The molecule has 3 rings (SSSR count). The van der Waals surface area contributed by atoms with Crippen LogP contribution >= 0.6 is 0 Å². The minimum absolute atomic E-state index is 0.0469. The van der Waals surface area contributed by atoms with Gasteiger partial charge in [-0.15, -0.1) is 0 Å². The highest BCUT2D eigenvalue weighted by Crippen LogP contribution is 2.28. The molecule has 0 radical (unpaired) electrons. The summed E-state index contributed by atoms with van der Waals surface area (Å²) in [5.41, 5.74) is 2.68. The van der Waals surface area contributed by atoms with Gasteiger partial charge in [-0.05, 0) is 44.0 Å². The van der Waals surface area contributed by atoms with Gasteiger partial charge in [-0.2, -0.15) is 0 Å². The van der Waals surface area contributed by atoms with Gasteiger partial charge in [-0.3, -0.25) is 9.59 Å². The molecule has 0 saturated carbocycles. The van der Waals surface area contributed by atoms with Crippen LogP contribution in [0.3, 0.4) is 0 Å². The second-order valence-electron chi connectivity index (χ2n) is 6.83. The first-order chi connectivity index (χ1) is 10.4. The Morgan fingerprint density at radius 3 is 2.77 bits per heavy atom. The smallest absolute Gasteiger partial charge is 0.253 e. The number of hydrogen-bond acceptors (Lipinski definition) is 3. The van der Waals surface area contributed by atoms with Crippen molar-refractivity contribution in [1.82, 2.24) is 10.2 Å². The summed E-state index contributed by atoms with van der Waals surface area (Å²) < 4.78 is 0. The van der Waals surface area contributed by atoms with Crippen molar-refractivity contribution in [2.75, 3.05) is 31.6 Å². The number of fused-ring (bicyclic) bond motifs is 1. The summed E-state index contributed by atoms with van der Waals surface area (Å²) in [7, 11) is 1.79. The minimum atomic E-state index is -0.0469. The number of nitrogens with one attached hydrogen (secondary N) is 1. The number of carbonyl (C=O) groups is 2. The first-order valence-electron chi connectivity index (χ1n) is 7.81. The molecule has 1 N–H and O–H groups in total. The van der Waals surface area contributed by atoms with E-state index < -0.39 is 0 Å². The van der Waals surface area contributed by atoms with Crippen LogP contribution in [0.15, 0.2) is 18.2 Å². The first-order valence-corrected chi connectivity index (χ1v) is 7.81. The van der Waals surface area contributed by atoms with Gasteiger partial charge in [-0.25, -0.2) is 0 Å². The highest BCUT2D eigenvalue weighted by atomic mass is 16.2. The van der Waals surface area contributed by atoms with Crippen molar-refractivity contribution in [3.8, 4) is 0 Å². The summed E-state index contributed by atoms with van der Waals surface area (Å²) in [6.45, 7) is 6.49. The van der Waals surface area contributed by atoms with Crippen LogP contribution in [0.1, 0.15) is 36.2 Å². The predicted octanol–water partition coefficient (Wildman–Crippen LogP) is 1.42. The zero-order valence-electron chi connectivity index (χ0n) is 13.5. The van der Waals surface area contributed by atoms with Gasteiger partial charge in [0.25, 0.3) is 5.91 Å². The van der Waals surface area contributed by atoms with Crippen molar-refractivity contribution >= 4 is 17.5 Å². The van der Waals surface area contributed by atoms with Crippen LogP contribution < -0.4 is 10.2 Å². The molecule has 0 aliphatic carbocycles. The molecule has 0 bridgehead atoms. The van der Waals surface area contributed by atoms with Gasteiger partial charge in [0.2, 0.25) is 5.91 Å². The molecule has 1 aromatic carbocycles. The Labute approximate surface area is 131 Å². The molecule has 1 saturated heterocycles. The summed E-state index contributed by atoms with van der Waals surface area (Å²) in [6.07, 6.45) is 1.23. The van der Waals surface area contributed by atoms with E-state index in [-0.39, 0.29) is 17.4 Å². The van der Waals surface area contributed by atoms with Crippen molar-refractivity contribution in [3.63, 3.8) is 0 Å². The van der Waals surface area contributed by atoms with E-state index in [0.717, 1.165) is 29.9 Å². The van der Waals surface area contributed by atoms with Crippen LogP contribution in [0.2, 0.25) is 0 Å². The maximum atomic E-state index is 12.7. The van der Waals surface area contributed by atoms with E-state index in [4.69, 9.17) is 0 Å². The third-order valence-corrected chi connectivity index (χ3v) is 4.53. The minimum Gasteiger partial charge on any atom is -0.336 e. The fraction of sp³-hybridized carbons (Fsp3) is 0.529. The molecule has 5 heteroatoms. The number of anilines is 1. The molecule has 0 unspecified atom stereocenters. The van der Waals surface area contributed by atoms with E-state index >= 15 is 0 Å². The van der Waals surface area contributed by atoms with Crippen LogP contribution in [0.5, 0.6) is 0 Å². The highest BCUT2D eigenvalue weighted by molar-refractivity contribution is 5.99. The van der Waals surface area contributed by atoms with E-state index in [2.05, 4.69) is 19.2 Å². The average Bonchev–Trinajstić information content (AvgIpc) is 2.49. The zero-order valence-corrected chi connectivity index (χ0v) is 13.5. The SMILES string of the molecule is CN1C(=O)CCc2cc(C(=O)N3CCNC(C)(C)C3)ccc21. The van der Waals surface area contributed by atoms with Gasteiger partial charge in [-0.1, -0.05) is 0 Å². The Morgan fingerprint density at radius 1 is 1.27 bits per heavy atom. The number of amides is 2. The summed E-state index contributed by atoms with van der Waals surface area (Å²) in [5, 5.41) is 3.42. The van der Waals surface area contributed by atoms with Crippen molar-refractivity contribution in [2.45, 2.75) is 32.2 Å². The summed E-state index contributed by atoms with van der Waals surface area (Å²) in [6, 6.07) is 5.69. The fourth-order valence-corrected chi connectivity index (χ4v) is 3.29. The lowest BCUT2D eigenvalue weighted by molar-refractivity contribution is -0.118. The molecule has 2 amide bonds. The Kier molecular flexibility index (Phi) is 3.68. The molecule has 0 atom stereocenters. The number of hydrogen-bond donors (Lipinski definition) is 1. The molecular weight excluding hydrogens is 278 g/mol. The van der Waals surface area contributed by atoms with Crippen molar-refractivity contribution < 1.29 is 9.59 Å². The van der Waals surface area contributed by atoms with Gasteiger partial charge >= 0.3 is 0 Å². The normalized spacial score (nSPS) is 20.8. The molecule has 1 aromatic rings. The van der Waals surface area contributed by atoms with Crippen LogP contribution in [-0.2, 0) is 11.2 Å². The molecule has 5 nitrogen and oxygen atoms in total. The summed E-state index contributed by atoms with van der Waals surface area (Å²) in [5.74, 6) is 0.215. The van der Waals surface area contributed by atoms with Crippen LogP contribution in [0.25, 0.3) is 0 Å². The number of nitrogens with zero attached hydrogens (tertiary/aromatic N) is 2. The summed E-state index contributed by atoms with van der Waals surface area (Å²) in [4.78, 5) is 28.1. The molecule has 1 fully saturated rings. The maximum Gasteiger partial charge on any atom is 0.253 e. The van der Waals surface area contributed by atoms with E-state index in [0.29, 0.717) is 19.4 Å². The predicted molar refractivity (Wildman–Crippen MR) is 86.2 cm³/mol. The third-order valence-electron chi connectivity index (χ3n) is 4.53. The lowest BCUT2D eigenvalue weighted by Crippen LogP contribution is -2.58. The molecule has 2 heterocycles. The number of carbonyl (C=O) groups excluding carboxylic acids is 2. The van der Waals surface area contributed by atoms with E-state index in [9.17, 15) is 9.59 Å². The molecule has 0 aromatic heterocycles. The number of aryl methyl sites for hydroxylation is 1. The van der Waals surface area contributed by atoms with Gasteiger partial charge < -0.3 is 15.1 Å². The number of rotatable bonds is 1. The van der Waals surface area contributed by atoms with E-state index in [1.165, 1.54) is 0 Å². The van der Waals surface area contributed by atoms with Crippen molar-refractivity contribution in [2.24, 2.45) is 0 Å². The lowest BCUT2D eigenvalue weighted by Gasteiger charge is -2.39. The molecule has 2 aliphatic rings.